The molecule has 5 rings (SSSR count). The topological polar surface area (TPSA) is 65.9 Å². The van der Waals surface area contributed by atoms with Gasteiger partial charge < -0.3 is 23.4 Å². The number of rotatable bonds is 6. The molecular weight excluding hydrogens is 653 g/mol. The SMILES string of the molecule is Cc1cc(C)n([B-](n2nc(C)cc2C)n2nc(C)cc2C)n1.[CH2-]C(Oc1[c-]cccc1)N1[C]C=CC=C1.[Ir+3]. The predicted molar refractivity (Wildman–Crippen MR) is 145 cm³/mol. The van der Waals surface area contributed by atoms with Gasteiger partial charge in [-0.25, -0.2) is 15.3 Å². The zero-order valence-electron chi connectivity index (χ0n) is 22.6. The predicted octanol–water partition coefficient (Wildman–Crippen LogP) is 4.50. The van der Waals surface area contributed by atoms with E-state index in [9.17, 15) is 0 Å². The number of nitrogens with zero attached hydrogens (tertiary/aromatic N) is 7. The second kappa shape index (κ2) is 12.9. The number of ether oxygens (including phenoxy) is 1. The molecule has 3 aromatic heterocycles. The van der Waals surface area contributed by atoms with Gasteiger partial charge in [-0.15, -0.1) is 12.1 Å². The van der Waals surface area contributed by atoms with Crippen LogP contribution in [0.4, 0.5) is 0 Å². The molecular formula is C28H32BIrN7O. The molecule has 3 radical (unpaired) electrons. The van der Waals surface area contributed by atoms with E-state index >= 15 is 0 Å². The van der Waals surface area contributed by atoms with Gasteiger partial charge in [0.05, 0.1) is 17.1 Å². The molecule has 0 aliphatic carbocycles. The van der Waals surface area contributed by atoms with Crippen LogP contribution in [0.15, 0.2) is 66.9 Å². The molecule has 4 aromatic rings. The minimum atomic E-state index is -0.329. The number of para-hydroxylation sites is 1. The molecule has 38 heavy (non-hydrogen) atoms. The first-order valence-electron chi connectivity index (χ1n) is 12.2. The number of aryl methyl sites for hydroxylation is 6. The molecule has 10 heteroatoms. The first-order chi connectivity index (χ1) is 17.7. The summed E-state index contributed by atoms with van der Waals surface area (Å²) < 4.78 is 11.5. The molecule has 8 nitrogen and oxygen atoms in total. The fourth-order valence-electron chi connectivity index (χ4n) is 4.15. The zero-order chi connectivity index (χ0) is 26.5. The van der Waals surface area contributed by atoms with Crippen LogP contribution >= 0.6 is 0 Å². The summed E-state index contributed by atoms with van der Waals surface area (Å²) in [6.45, 7) is 19.1. The first-order valence-corrected chi connectivity index (χ1v) is 12.2. The molecule has 0 amide bonds. The maximum atomic E-state index is 5.57. The second-order valence-electron chi connectivity index (χ2n) is 9.00. The molecule has 4 heterocycles. The van der Waals surface area contributed by atoms with E-state index in [-0.39, 0.29) is 33.5 Å². The fourth-order valence-corrected chi connectivity index (χ4v) is 4.15. The summed E-state index contributed by atoms with van der Waals surface area (Å²) in [5.74, 6) is 0.683. The third-order valence-electron chi connectivity index (χ3n) is 5.72. The number of hydrogen-bond acceptors (Lipinski definition) is 5. The summed E-state index contributed by atoms with van der Waals surface area (Å²) in [6, 6.07) is 16.7. The number of hydrogen-bond donors (Lipinski definition) is 0. The van der Waals surface area contributed by atoms with Crippen LogP contribution < -0.4 is 4.74 Å². The Hall–Kier alpha value is -3.36. The molecule has 0 saturated carbocycles. The smallest absolute Gasteiger partial charge is 0.528 e. The summed E-state index contributed by atoms with van der Waals surface area (Å²) in [7, 11) is -0.226. The monoisotopic (exact) mass is 686 g/mol. The van der Waals surface area contributed by atoms with E-state index in [1.165, 1.54) is 0 Å². The van der Waals surface area contributed by atoms with Gasteiger partial charge >= 0.3 is 20.1 Å². The number of aromatic nitrogens is 6. The van der Waals surface area contributed by atoms with E-state index in [0.29, 0.717) is 5.75 Å². The number of benzene rings is 1. The van der Waals surface area contributed by atoms with Crippen molar-refractivity contribution in [1.29, 1.82) is 0 Å². The summed E-state index contributed by atoms with van der Waals surface area (Å²) in [5, 5.41) is 14.0. The summed E-state index contributed by atoms with van der Waals surface area (Å²) >= 11 is 0. The van der Waals surface area contributed by atoms with Gasteiger partial charge in [-0.2, -0.15) is 18.2 Å². The van der Waals surface area contributed by atoms with E-state index in [1.807, 2.05) is 77.2 Å². The maximum Gasteiger partial charge on any atom is 3.00 e. The fraction of sp³-hybridized carbons (Fsp3) is 0.250. The van der Waals surface area contributed by atoms with Crippen LogP contribution in [0.25, 0.3) is 0 Å². The van der Waals surface area contributed by atoms with E-state index in [2.05, 4.69) is 73.8 Å². The standard InChI is InChI=1S/C15H21BN6.C13H11NO.Ir/c1-10-7-13(4)20(17-10)16(21-14(5)8-11(2)18-21)22-15(6)9-12(3)19-22;1-12(14-10-6-3-7-11-14)15-13-8-4-2-5-9-13;/h7-9H,1-6H3;2-8,10,12H,1H2;/q-1;-2;+3. The van der Waals surface area contributed by atoms with Crippen molar-refractivity contribution in [2.75, 3.05) is 0 Å². The molecule has 0 saturated heterocycles. The largest absolute Gasteiger partial charge is 3.00 e. The third-order valence-corrected chi connectivity index (χ3v) is 5.72. The van der Waals surface area contributed by atoms with Gasteiger partial charge in [-0.1, -0.05) is 12.2 Å². The van der Waals surface area contributed by atoms with Gasteiger partial charge in [0.2, 0.25) is 0 Å². The van der Waals surface area contributed by atoms with Crippen molar-refractivity contribution in [2.24, 2.45) is 0 Å². The van der Waals surface area contributed by atoms with Crippen molar-refractivity contribution in [3.05, 3.63) is 121 Å². The molecule has 1 aliphatic heterocycles. The van der Waals surface area contributed by atoms with Crippen molar-refractivity contribution in [3.8, 4) is 5.75 Å². The summed E-state index contributed by atoms with van der Waals surface area (Å²) in [5.41, 5.74) is 6.23. The second-order valence-corrected chi connectivity index (χ2v) is 9.00. The van der Waals surface area contributed by atoms with Crippen molar-refractivity contribution >= 4 is 7.12 Å². The van der Waals surface area contributed by atoms with E-state index < -0.39 is 0 Å². The van der Waals surface area contributed by atoms with Crippen LogP contribution in [-0.2, 0) is 20.1 Å². The maximum absolute atomic E-state index is 5.57. The van der Waals surface area contributed by atoms with Gasteiger partial charge in [0.1, 0.15) is 6.54 Å². The first kappa shape index (κ1) is 29.2. The van der Waals surface area contributed by atoms with Crippen molar-refractivity contribution < 1.29 is 24.8 Å². The zero-order valence-corrected chi connectivity index (χ0v) is 25.0. The van der Waals surface area contributed by atoms with E-state index in [0.717, 1.165) is 34.2 Å². The Labute approximate surface area is 239 Å². The number of allylic oxidation sites excluding steroid dienone is 2. The molecule has 0 bridgehead atoms. The van der Waals surface area contributed by atoms with Gasteiger partial charge in [-0.3, -0.25) is 6.92 Å². The van der Waals surface area contributed by atoms with Crippen LogP contribution in [0.3, 0.4) is 0 Å². The Morgan fingerprint density at radius 2 is 1.37 bits per heavy atom. The average molecular weight is 686 g/mol. The molecule has 1 atom stereocenters. The Bertz CT molecular complexity index is 1280. The summed E-state index contributed by atoms with van der Waals surface area (Å²) in [6.07, 6.45) is 7.16. The van der Waals surface area contributed by atoms with Gasteiger partial charge in [0.25, 0.3) is 7.12 Å². The Kier molecular flexibility index (Phi) is 9.94. The van der Waals surface area contributed by atoms with Crippen molar-refractivity contribution in [1.82, 2.24) is 34.0 Å². The minimum absolute atomic E-state index is 0. The average Bonchev–Trinajstić information content (AvgIpc) is 3.51. The van der Waals surface area contributed by atoms with Gasteiger partial charge in [0, 0.05) is 18.2 Å². The molecule has 0 N–H and O–H groups in total. The molecule has 1 aliphatic rings. The van der Waals surface area contributed by atoms with Crippen molar-refractivity contribution in [2.45, 2.75) is 47.8 Å². The Morgan fingerprint density at radius 1 is 0.842 bits per heavy atom. The third kappa shape index (κ3) is 6.94. The molecule has 0 spiro atoms. The van der Waals surface area contributed by atoms with Crippen LogP contribution in [0.5, 0.6) is 5.75 Å². The van der Waals surface area contributed by atoms with Gasteiger partial charge in [0.15, 0.2) is 0 Å². The molecule has 1 unspecified atom stereocenters. The van der Waals surface area contributed by atoms with Gasteiger partial charge in [-0.05, 0) is 82.9 Å². The minimum Gasteiger partial charge on any atom is -0.528 e. The Morgan fingerprint density at radius 3 is 1.74 bits per heavy atom. The van der Waals surface area contributed by atoms with Crippen LogP contribution in [0.2, 0.25) is 0 Å². The quantitative estimate of drug-likeness (QED) is 0.221. The summed E-state index contributed by atoms with van der Waals surface area (Å²) in [4.78, 5) is 1.76. The molecule has 1 aromatic carbocycles. The Balaban J connectivity index is 0.000000220. The molecule has 0 fully saturated rings. The van der Waals surface area contributed by atoms with Crippen LogP contribution in [0.1, 0.15) is 34.2 Å². The van der Waals surface area contributed by atoms with Crippen LogP contribution in [-0.4, -0.2) is 47.3 Å². The van der Waals surface area contributed by atoms with E-state index in [4.69, 9.17) is 4.74 Å². The molecule has 197 valence electrons. The van der Waals surface area contributed by atoms with Crippen LogP contribution in [0, 0.1) is 61.1 Å². The van der Waals surface area contributed by atoms with E-state index in [1.54, 1.807) is 11.0 Å². The van der Waals surface area contributed by atoms with Crippen molar-refractivity contribution in [3.63, 3.8) is 0 Å². The normalized spacial score (nSPS) is 13.2.